The van der Waals surface area contributed by atoms with Gasteiger partial charge in [-0.15, -0.1) is 0 Å². The fourth-order valence-electron chi connectivity index (χ4n) is 3.73. The number of amides is 1. The smallest absolute Gasteiger partial charge is 0.257 e. The third kappa shape index (κ3) is 4.30. The van der Waals surface area contributed by atoms with E-state index in [2.05, 4.69) is 39.6 Å². The second-order valence-corrected chi connectivity index (χ2v) is 7.72. The Hall–Kier alpha value is -2.79. The minimum absolute atomic E-state index is 0.202. The fourth-order valence-corrected chi connectivity index (χ4v) is 3.96. The average Bonchev–Trinajstić information content (AvgIpc) is 3.39. The Labute approximate surface area is 175 Å². The van der Waals surface area contributed by atoms with Gasteiger partial charge in [0.1, 0.15) is 17.0 Å². The molecule has 1 N–H and O–H groups in total. The molecule has 3 aromatic rings. The highest BCUT2D eigenvalue weighted by atomic mass is 35.5. The number of nitrogens with one attached hydrogen (secondary N) is 1. The quantitative estimate of drug-likeness (QED) is 0.630. The molecule has 4 rings (SSSR count). The molecule has 1 amide bonds. The van der Waals surface area contributed by atoms with Crippen molar-refractivity contribution < 1.29 is 9.32 Å². The minimum Gasteiger partial charge on any atom is -0.372 e. The van der Waals surface area contributed by atoms with Crippen LogP contribution in [0.25, 0.3) is 11.3 Å². The number of anilines is 1. The molecular formula is C23H24ClN3O2. The van der Waals surface area contributed by atoms with Crippen LogP contribution in [0.4, 0.5) is 5.69 Å². The van der Waals surface area contributed by atoms with E-state index in [0.717, 1.165) is 19.5 Å². The molecule has 1 aliphatic heterocycles. The lowest BCUT2D eigenvalue weighted by molar-refractivity contribution is 0.0953. The maximum Gasteiger partial charge on any atom is 0.257 e. The first-order valence-electron chi connectivity index (χ1n) is 9.97. The van der Waals surface area contributed by atoms with Crippen LogP contribution in [0, 0.1) is 6.92 Å². The predicted molar refractivity (Wildman–Crippen MR) is 116 cm³/mol. The molecular weight excluding hydrogens is 386 g/mol. The van der Waals surface area contributed by atoms with E-state index in [4.69, 9.17) is 16.1 Å². The number of halogens is 1. The molecule has 0 unspecified atom stereocenters. The van der Waals surface area contributed by atoms with Gasteiger partial charge in [-0.3, -0.25) is 4.79 Å². The van der Waals surface area contributed by atoms with Crippen molar-refractivity contribution >= 4 is 23.2 Å². The molecule has 0 saturated carbocycles. The molecule has 2 heterocycles. The van der Waals surface area contributed by atoms with E-state index >= 15 is 0 Å². The molecule has 150 valence electrons. The zero-order chi connectivity index (χ0) is 20.2. The number of carbonyl (C=O) groups is 1. The van der Waals surface area contributed by atoms with E-state index in [0.29, 0.717) is 34.1 Å². The van der Waals surface area contributed by atoms with Crippen molar-refractivity contribution in [1.29, 1.82) is 0 Å². The monoisotopic (exact) mass is 409 g/mol. The summed E-state index contributed by atoms with van der Waals surface area (Å²) in [5.41, 5.74) is 4.07. The van der Waals surface area contributed by atoms with Gasteiger partial charge in [0.25, 0.3) is 5.91 Å². The van der Waals surface area contributed by atoms with Gasteiger partial charge in [-0.2, -0.15) is 0 Å². The summed E-state index contributed by atoms with van der Waals surface area (Å²) >= 11 is 6.27. The van der Waals surface area contributed by atoms with Gasteiger partial charge in [0, 0.05) is 30.9 Å². The average molecular weight is 410 g/mol. The summed E-state index contributed by atoms with van der Waals surface area (Å²) in [4.78, 5) is 15.2. The molecule has 1 saturated heterocycles. The molecule has 2 aromatic carbocycles. The van der Waals surface area contributed by atoms with E-state index in [-0.39, 0.29) is 5.91 Å². The SMILES string of the molecule is Cc1onc(-c2ccccc2Cl)c1C(=O)NCCc1ccc(N2CCCC2)cc1. The number of carbonyl (C=O) groups excluding carboxylic acids is 1. The zero-order valence-corrected chi connectivity index (χ0v) is 17.2. The zero-order valence-electron chi connectivity index (χ0n) is 16.5. The van der Waals surface area contributed by atoms with Gasteiger partial charge in [-0.05, 0) is 49.9 Å². The number of benzene rings is 2. The van der Waals surface area contributed by atoms with Crippen LogP contribution in [0.2, 0.25) is 5.02 Å². The van der Waals surface area contributed by atoms with Crippen molar-refractivity contribution in [3.8, 4) is 11.3 Å². The maximum atomic E-state index is 12.8. The van der Waals surface area contributed by atoms with Crippen LogP contribution < -0.4 is 10.2 Å². The molecule has 29 heavy (non-hydrogen) atoms. The van der Waals surface area contributed by atoms with Crippen LogP contribution in [0.5, 0.6) is 0 Å². The van der Waals surface area contributed by atoms with Crippen LogP contribution >= 0.6 is 11.6 Å². The van der Waals surface area contributed by atoms with Gasteiger partial charge in [-0.1, -0.05) is 47.1 Å². The van der Waals surface area contributed by atoms with Crippen molar-refractivity contribution in [3.63, 3.8) is 0 Å². The normalized spacial score (nSPS) is 13.7. The molecule has 0 aliphatic carbocycles. The number of aryl methyl sites for hydroxylation is 1. The van der Waals surface area contributed by atoms with E-state index < -0.39 is 0 Å². The first kappa shape index (κ1) is 19.5. The number of rotatable bonds is 6. The van der Waals surface area contributed by atoms with Gasteiger partial charge < -0.3 is 14.7 Å². The van der Waals surface area contributed by atoms with Gasteiger partial charge in [0.2, 0.25) is 0 Å². The highest BCUT2D eigenvalue weighted by Crippen LogP contribution is 2.30. The molecule has 1 aliphatic rings. The molecule has 5 nitrogen and oxygen atoms in total. The summed E-state index contributed by atoms with van der Waals surface area (Å²) in [5.74, 6) is 0.278. The molecule has 1 aromatic heterocycles. The van der Waals surface area contributed by atoms with Crippen LogP contribution in [-0.2, 0) is 6.42 Å². The number of nitrogens with zero attached hydrogens (tertiary/aromatic N) is 2. The van der Waals surface area contributed by atoms with E-state index in [1.54, 1.807) is 13.0 Å². The molecule has 0 radical (unpaired) electrons. The lowest BCUT2D eigenvalue weighted by atomic mass is 10.1. The van der Waals surface area contributed by atoms with Gasteiger partial charge >= 0.3 is 0 Å². The highest BCUT2D eigenvalue weighted by molar-refractivity contribution is 6.33. The fraction of sp³-hybridized carbons (Fsp3) is 0.304. The lowest BCUT2D eigenvalue weighted by Gasteiger charge is -2.17. The van der Waals surface area contributed by atoms with Crippen LogP contribution in [-0.4, -0.2) is 30.7 Å². The summed E-state index contributed by atoms with van der Waals surface area (Å²) in [7, 11) is 0. The third-order valence-corrected chi connectivity index (χ3v) is 5.66. The molecule has 0 spiro atoms. The van der Waals surface area contributed by atoms with Gasteiger partial charge in [0.15, 0.2) is 0 Å². The van der Waals surface area contributed by atoms with E-state index in [1.807, 2.05) is 18.2 Å². The molecule has 0 atom stereocenters. The lowest BCUT2D eigenvalue weighted by Crippen LogP contribution is -2.26. The summed E-state index contributed by atoms with van der Waals surface area (Å²) in [6, 6.07) is 15.9. The molecule has 6 heteroatoms. The van der Waals surface area contributed by atoms with Crippen LogP contribution in [0.15, 0.2) is 53.1 Å². The first-order chi connectivity index (χ1) is 14.1. The summed E-state index contributed by atoms with van der Waals surface area (Å²) < 4.78 is 5.28. The van der Waals surface area contributed by atoms with E-state index in [9.17, 15) is 4.79 Å². The Morgan fingerprint density at radius 2 is 1.86 bits per heavy atom. The standard InChI is InChI=1S/C23H24ClN3O2/c1-16-21(22(26-29-16)19-6-2-3-7-20(19)24)23(28)25-13-12-17-8-10-18(11-9-17)27-14-4-5-15-27/h2-3,6-11H,4-5,12-15H2,1H3,(H,25,28). The van der Waals surface area contributed by atoms with Crippen molar-refractivity contribution in [2.24, 2.45) is 0 Å². The van der Waals surface area contributed by atoms with Crippen molar-refractivity contribution in [3.05, 3.63) is 70.4 Å². The van der Waals surface area contributed by atoms with Gasteiger partial charge in [-0.25, -0.2) is 0 Å². The Balaban J connectivity index is 1.39. The first-order valence-corrected chi connectivity index (χ1v) is 10.3. The summed E-state index contributed by atoms with van der Waals surface area (Å²) in [6.07, 6.45) is 3.30. The second kappa shape index (κ2) is 8.70. The topological polar surface area (TPSA) is 58.4 Å². The van der Waals surface area contributed by atoms with Crippen LogP contribution in [0.1, 0.15) is 34.5 Å². The second-order valence-electron chi connectivity index (χ2n) is 7.31. The number of hydrogen-bond donors (Lipinski definition) is 1. The van der Waals surface area contributed by atoms with Crippen LogP contribution in [0.3, 0.4) is 0 Å². The summed E-state index contributed by atoms with van der Waals surface area (Å²) in [6.45, 7) is 4.55. The Morgan fingerprint density at radius 3 is 2.59 bits per heavy atom. The number of hydrogen-bond acceptors (Lipinski definition) is 4. The van der Waals surface area contributed by atoms with Crippen molar-refractivity contribution in [2.75, 3.05) is 24.5 Å². The predicted octanol–water partition coefficient (Wildman–Crippen LogP) is 4.88. The van der Waals surface area contributed by atoms with Gasteiger partial charge in [0.05, 0.1) is 5.02 Å². The molecule has 1 fully saturated rings. The number of aromatic nitrogens is 1. The van der Waals surface area contributed by atoms with Crippen molar-refractivity contribution in [1.82, 2.24) is 10.5 Å². The van der Waals surface area contributed by atoms with E-state index in [1.165, 1.54) is 24.1 Å². The highest BCUT2D eigenvalue weighted by Gasteiger charge is 2.22. The minimum atomic E-state index is -0.202. The third-order valence-electron chi connectivity index (χ3n) is 5.33. The Bertz CT molecular complexity index is 992. The maximum absolute atomic E-state index is 12.8. The molecule has 0 bridgehead atoms. The Morgan fingerprint density at radius 1 is 1.14 bits per heavy atom. The largest absolute Gasteiger partial charge is 0.372 e. The van der Waals surface area contributed by atoms with Crippen molar-refractivity contribution in [2.45, 2.75) is 26.2 Å². The Kier molecular flexibility index (Phi) is 5.86. The summed E-state index contributed by atoms with van der Waals surface area (Å²) in [5, 5.41) is 7.57.